The largest absolute Gasteiger partial charge is 0.457 e. The van der Waals surface area contributed by atoms with Gasteiger partial charge in [0.1, 0.15) is 5.60 Å². The number of carbonyl (C=O) groups excluding carboxylic acids is 1. The SMILES string of the molecule is C=C(Cc1nc(CCCCCCCC)cs1)C(=O)OC(C)(C)C. The van der Waals surface area contributed by atoms with Crippen LogP contribution in [0.3, 0.4) is 0 Å². The molecule has 0 atom stereocenters. The molecule has 1 rings (SSSR count). The number of thiazole rings is 1. The zero-order valence-corrected chi connectivity index (χ0v) is 15.9. The van der Waals surface area contributed by atoms with Crippen LogP contribution in [0.2, 0.25) is 0 Å². The molecule has 0 fully saturated rings. The van der Waals surface area contributed by atoms with Gasteiger partial charge in [-0.25, -0.2) is 9.78 Å². The van der Waals surface area contributed by atoms with Crippen molar-refractivity contribution in [1.82, 2.24) is 4.98 Å². The number of rotatable bonds is 10. The Labute approximate surface area is 145 Å². The molecule has 0 bridgehead atoms. The third-order valence-corrected chi connectivity index (χ3v) is 4.34. The summed E-state index contributed by atoms with van der Waals surface area (Å²) < 4.78 is 5.33. The fourth-order valence-electron chi connectivity index (χ4n) is 2.24. The van der Waals surface area contributed by atoms with Gasteiger partial charge in [0.25, 0.3) is 0 Å². The Hall–Kier alpha value is -1.16. The predicted octanol–water partition coefficient (Wildman–Crippen LogP) is 5.49. The number of esters is 1. The summed E-state index contributed by atoms with van der Waals surface area (Å²) in [5.41, 5.74) is 1.13. The molecule has 0 N–H and O–H groups in total. The van der Waals surface area contributed by atoms with Gasteiger partial charge in [-0.2, -0.15) is 0 Å². The molecule has 23 heavy (non-hydrogen) atoms. The van der Waals surface area contributed by atoms with Crippen molar-refractivity contribution in [3.05, 3.63) is 28.2 Å². The molecule has 0 aliphatic carbocycles. The van der Waals surface area contributed by atoms with Gasteiger partial charge in [-0.1, -0.05) is 45.6 Å². The summed E-state index contributed by atoms with van der Waals surface area (Å²) in [6.45, 7) is 11.7. The van der Waals surface area contributed by atoms with Crippen LogP contribution in [0.25, 0.3) is 0 Å². The van der Waals surface area contributed by atoms with E-state index in [2.05, 4.69) is 23.9 Å². The molecule has 1 aromatic heterocycles. The fourth-order valence-corrected chi connectivity index (χ4v) is 3.11. The second-order valence-electron chi connectivity index (χ2n) is 7.03. The van der Waals surface area contributed by atoms with Gasteiger partial charge in [-0.3, -0.25) is 0 Å². The minimum absolute atomic E-state index is 0.329. The number of ether oxygens (including phenoxy) is 1. The zero-order chi connectivity index (χ0) is 17.3. The molecular formula is C19H31NO2S. The highest BCUT2D eigenvalue weighted by atomic mass is 32.1. The first-order valence-electron chi connectivity index (χ1n) is 8.66. The van der Waals surface area contributed by atoms with Crippen molar-refractivity contribution in [2.45, 2.75) is 84.7 Å². The molecule has 1 aromatic rings. The highest BCUT2D eigenvalue weighted by Crippen LogP contribution is 2.18. The molecule has 1 heterocycles. The summed E-state index contributed by atoms with van der Waals surface area (Å²) in [6.07, 6.45) is 9.27. The van der Waals surface area contributed by atoms with Crippen LogP contribution in [-0.2, 0) is 22.4 Å². The van der Waals surface area contributed by atoms with Crippen molar-refractivity contribution in [2.75, 3.05) is 0 Å². The minimum Gasteiger partial charge on any atom is -0.457 e. The summed E-state index contributed by atoms with van der Waals surface area (Å²) in [6, 6.07) is 0. The quantitative estimate of drug-likeness (QED) is 0.322. The van der Waals surface area contributed by atoms with Gasteiger partial charge in [0.05, 0.1) is 10.7 Å². The molecule has 0 aliphatic heterocycles. The number of nitrogens with zero attached hydrogens (tertiary/aromatic N) is 1. The second-order valence-corrected chi connectivity index (χ2v) is 7.98. The molecule has 4 heteroatoms. The third kappa shape index (κ3) is 8.89. The van der Waals surface area contributed by atoms with E-state index in [1.54, 1.807) is 11.3 Å². The molecule has 3 nitrogen and oxygen atoms in total. The molecule has 0 saturated carbocycles. The van der Waals surface area contributed by atoms with Crippen LogP contribution in [0.4, 0.5) is 0 Å². The van der Waals surface area contributed by atoms with E-state index in [4.69, 9.17) is 4.74 Å². The van der Waals surface area contributed by atoms with Crippen LogP contribution in [0.15, 0.2) is 17.5 Å². The maximum atomic E-state index is 11.9. The monoisotopic (exact) mass is 337 g/mol. The number of aromatic nitrogens is 1. The lowest BCUT2D eigenvalue weighted by molar-refractivity contribution is -0.149. The third-order valence-electron chi connectivity index (χ3n) is 3.44. The van der Waals surface area contributed by atoms with E-state index in [0.717, 1.165) is 17.1 Å². The molecule has 0 aliphatic rings. The van der Waals surface area contributed by atoms with E-state index in [9.17, 15) is 4.79 Å². The van der Waals surface area contributed by atoms with E-state index >= 15 is 0 Å². The van der Waals surface area contributed by atoms with Gasteiger partial charge >= 0.3 is 5.97 Å². The summed E-state index contributed by atoms with van der Waals surface area (Å²) in [4.78, 5) is 16.5. The average molecular weight is 338 g/mol. The Morgan fingerprint density at radius 3 is 2.52 bits per heavy atom. The van der Waals surface area contributed by atoms with Crippen molar-refractivity contribution < 1.29 is 9.53 Å². The Balaban J connectivity index is 2.33. The normalized spacial score (nSPS) is 11.5. The van der Waals surface area contributed by atoms with Crippen LogP contribution in [0.1, 0.15) is 76.9 Å². The number of hydrogen-bond donors (Lipinski definition) is 0. The van der Waals surface area contributed by atoms with Gasteiger partial charge < -0.3 is 4.74 Å². The smallest absolute Gasteiger partial charge is 0.334 e. The lowest BCUT2D eigenvalue weighted by Gasteiger charge is -2.19. The number of carbonyl (C=O) groups is 1. The van der Waals surface area contributed by atoms with Crippen molar-refractivity contribution >= 4 is 17.3 Å². The van der Waals surface area contributed by atoms with E-state index in [-0.39, 0.29) is 5.97 Å². The first-order valence-corrected chi connectivity index (χ1v) is 9.54. The van der Waals surface area contributed by atoms with Crippen LogP contribution < -0.4 is 0 Å². The van der Waals surface area contributed by atoms with E-state index in [1.165, 1.54) is 38.5 Å². The summed E-state index contributed by atoms with van der Waals surface area (Å²) in [5, 5.41) is 3.05. The summed E-state index contributed by atoms with van der Waals surface area (Å²) in [7, 11) is 0. The molecule has 0 saturated heterocycles. The summed E-state index contributed by atoms with van der Waals surface area (Å²) in [5.74, 6) is -0.329. The lowest BCUT2D eigenvalue weighted by Crippen LogP contribution is -2.25. The van der Waals surface area contributed by atoms with Crippen molar-refractivity contribution in [3.8, 4) is 0 Å². The average Bonchev–Trinajstić information content (AvgIpc) is 2.88. The van der Waals surface area contributed by atoms with E-state index in [1.807, 2.05) is 20.8 Å². The number of aryl methyl sites for hydroxylation is 1. The van der Waals surface area contributed by atoms with Crippen molar-refractivity contribution in [1.29, 1.82) is 0 Å². The van der Waals surface area contributed by atoms with Crippen LogP contribution in [-0.4, -0.2) is 16.6 Å². The summed E-state index contributed by atoms with van der Waals surface area (Å²) >= 11 is 1.61. The zero-order valence-electron chi connectivity index (χ0n) is 15.1. The van der Waals surface area contributed by atoms with Crippen molar-refractivity contribution in [2.24, 2.45) is 0 Å². The van der Waals surface area contributed by atoms with Gasteiger partial charge in [-0.15, -0.1) is 11.3 Å². The number of unbranched alkanes of at least 4 members (excludes halogenated alkanes) is 5. The van der Waals surface area contributed by atoms with Crippen LogP contribution >= 0.6 is 11.3 Å². The fraction of sp³-hybridized carbons (Fsp3) is 0.684. The first-order chi connectivity index (χ1) is 10.8. The highest BCUT2D eigenvalue weighted by molar-refractivity contribution is 7.09. The number of hydrogen-bond acceptors (Lipinski definition) is 4. The molecule has 0 amide bonds. The minimum atomic E-state index is -0.480. The van der Waals surface area contributed by atoms with Crippen molar-refractivity contribution in [3.63, 3.8) is 0 Å². The standard InChI is InChI=1S/C19H31NO2S/c1-6-7-8-9-10-11-12-16-14-23-17(20-16)13-15(2)18(21)22-19(3,4)5/h14H,2,6-13H2,1,3-5H3. The van der Waals surface area contributed by atoms with Gasteiger partial charge in [0.2, 0.25) is 0 Å². The van der Waals surface area contributed by atoms with Gasteiger partial charge in [-0.05, 0) is 33.6 Å². The Morgan fingerprint density at radius 2 is 1.87 bits per heavy atom. The first kappa shape index (κ1) is 19.9. The second kappa shape index (κ2) is 9.86. The topological polar surface area (TPSA) is 39.2 Å². The van der Waals surface area contributed by atoms with Crippen LogP contribution in [0.5, 0.6) is 0 Å². The molecule has 0 spiro atoms. The molecular weight excluding hydrogens is 306 g/mol. The maximum Gasteiger partial charge on any atom is 0.334 e. The Kier molecular flexibility index (Phi) is 8.53. The maximum absolute atomic E-state index is 11.9. The van der Waals surface area contributed by atoms with E-state index in [0.29, 0.717) is 12.0 Å². The van der Waals surface area contributed by atoms with E-state index < -0.39 is 5.60 Å². The predicted molar refractivity (Wildman–Crippen MR) is 97.9 cm³/mol. The highest BCUT2D eigenvalue weighted by Gasteiger charge is 2.19. The van der Waals surface area contributed by atoms with Crippen LogP contribution in [0, 0.1) is 0 Å². The molecule has 0 radical (unpaired) electrons. The Bertz CT molecular complexity index is 500. The molecule has 0 unspecified atom stereocenters. The van der Waals surface area contributed by atoms with Gasteiger partial charge in [0.15, 0.2) is 0 Å². The Morgan fingerprint density at radius 1 is 1.22 bits per heavy atom. The lowest BCUT2D eigenvalue weighted by atomic mass is 10.1. The molecule has 130 valence electrons. The molecule has 0 aromatic carbocycles. The van der Waals surface area contributed by atoms with Gasteiger partial charge in [0, 0.05) is 17.4 Å².